The number of carbonyl (C=O) groups is 1. The Labute approximate surface area is 166 Å². The quantitative estimate of drug-likeness (QED) is 0.801. The summed E-state index contributed by atoms with van der Waals surface area (Å²) in [6.07, 6.45) is 4.13. The fourth-order valence-electron chi connectivity index (χ4n) is 3.85. The maximum atomic E-state index is 13.0. The van der Waals surface area contributed by atoms with Crippen LogP contribution < -0.4 is 10.6 Å². The maximum absolute atomic E-state index is 13.0. The van der Waals surface area contributed by atoms with Crippen molar-refractivity contribution in [2.45, 2.75) is 44.8 Å². The van der Waals surface area contributed by atoms with Gasteiger partial charge in [-0.05, 0) is 51.0 Å². The number of carbonyl (C=O) groups excluding carboxylic acids is 1. The molecule has 3 heterocycles. The molecule has 0 bridgehead atoms. The summed E-state index contributed by atoms with van der Waals surface area (Å²) in [6.45, 7) is 8.29. The van der Waals surface area contributed by atoms with Gasteiger partial charge < -0.3 is 10.2 Å². The van der Waals surface area contributed by atoms with Crippen LogP contribution in [0, 0.1) is 0 Å². The number of rotatable bonds is 1. The lowest BCUT2D eigenvalue weighted by Gasteiger charge is -2.32. The molecular formula is C22H27N5O. The first-order valence-electron chi connectivity index (χ1n) is 9.76. The Balaban J connectivity index is 1.67. The number of amidine groups is 1. The number of hydrogen-bond donors (Lipinski definition) is 2. The smallest absolute Gasteiger partial charge is 0.255 e. The molecule has 1 amide bonds. The number of pyridine rings is 1. The summed E-state index contributed by atoms with van der Waals surface area (Å²) in [7, 11) is 0. The van der Waals surface area contributed by atoms with Crippen molar-refractivity contribution in [3.05, 3.63) is 59.9 Å². The van der Waals surface area contributed by atoms with Crippen molar-refractivity contribution in [3.8, 4) is 0 Å². The molecule has 6 nitrogen and oxygen atoms in total. The third-order valence-electron chi connectivity index (χ3n) is 5.25. The molecule has 1 spiro atoms. The Morgan fingerprint density at radius 2 is 2.04 bits per heavy atom. The van der Waals surface area contributed by atoms with Crippen LogP contribution in [0.3, 0.4) is 0 Å². The molecule has 4 rings (SSSR count). The molecule has 0 aliphatic carbocycles. The zero-order valence-electron chi connectivity index (χ0n) is 16.7. The molecule has 0 unspecified atom stereocenters. The zero-order chi connectivity index (χ0) is 19.8. The second kappa shape index (κ2) is 7.02. The molecule has 0 saturated carbocycles. The molecule has 2 aliphatic heterocycles. The molecule has 0 radical (unpaired) electrons. The van der Waals surface area contributed by atoms with Crippen molar-refractivity contribution < 1.29 is 4.79 Å². The van der Waals surface area contributed by atoms with Gasteiger partial charge in [-0.3, -0.25) is 20.1 Å². The van der Waals surface area contributed by atoms with Gasteiger partial charge in [0.05, 0.1) is 16.6 Å². The molecule has 1 aromatic heterocycles. The van der Waals surface area contributed by atoms with Gasteiger partial charge >= 0.3 is 0 Å². The number of nitrogens with one attached hydrogen (secondary N) is 2. The molecule has 6 heteroatoms. The van der Waals surface area contributed by atoms with Gasteiger partial charge in [-0.25, -0.2) is 0 Å². The summed E-state index contributed by atoms with van der Waals surface area (Å²) in [5.41, 5.74) is 2.30. The fraction of sp³-hybridized carbons (Fsp3) is 0.409. The van der Waals surface area contributed by atoms with E-state index in [1.165, 1.54) is 5.56 Å². The lowest BCUT2D eigenvalue weighted by Crippen LogP contribution is -2.56. The van der Waals surface area contributed by atoms with E-state index in [1.807, 2.05) is 23.1 Å². The van der Waals surface area contributed by atoms with Gasteiger partial charge in [-0.1, -0.05) is 18.2 Å². The van der Waals surface area contributed by atoms with Crippen molar-refractivity contribution in [2.24, 2.45) is 4.99 Å². The largest absolute Gasteiger partial charge is 0.342 e. The van der Waals surface area contributed by atoms with Gasteiger partial charge in [0.25, 0.3) is 5.91 Å². The van der Waals surface area contributed by atoms with Gasteiger partial charge in [-0.2, -0.15) is 0 Å². The highest BCUT2D eigenvalue weighted by molar-refractivity contribution is 6.05. The normalized spacial score (nSPS) is 23.4. The van der Waals surface area contributed by atoms with E-state index in [9.17, 15) is 4.79 Å². The van der Waals surface area contributed by atoms with Gasteiger partial charge in [0, 0.05) is 37.7 Å². The highest BCUT2D eigenvalue weighted by atomic mass is 16.2. The molecule has 146 valence electrons. The van der Waals surface area contributed by atoms with Gasteiger partial charge in [-0.15, -0.1) is 0 Å². The first-order valence-corrected chi connectivity index (χ1v) is 9.76. The average molecular weight is 377 g/mol. The van der Waals surface area contributed by atoms with Crippen molar-refractivity contribution in [2.75, 3.05) is 18.4 Å². The van der Waals surface area contributed by atoms with E-state index < -0.39 is 0 Å². The molecular weight excluding hydrogens is 350 g/mol. The van der Waals surface area contributed by atoms with Gasteiger partial charge in [0.15, 0.2) is 0 Å². The van der Waals surface area contributed by atoms with Crippen LogP contribution in [0.2, 0.25) is 0 Å². The van der Waals surface area contributed by atoms with Crippen LogP contribution in [0.25, 0.3) is 0 Å². The molecule has 2 aliphatic rings. The zero-order valence-corrected chi connectivity index (χ0v) is 16.7. The number of nitrogens with zero attached hydrogens (tertiary/aromatic N) is 3. The third kappa shape index (κ3) is 3.64. The number of benzene rings is 1. The number of anilines is 1. The van der Waals surface area contributed by atoms with E-state index in [0.717, 1.165) is 24.5 Å². The molecule has 2 aromatic rings. The summed E-state index contributed by atoms with van der Waals surface area (Å²) in [6, 6.07) is 11.9. The fourth-order valence-corrected chi connectivity index (χ4v) is 3.85. The molecule has 2 N–H and O–H groups in total. The predicted octanol–water partition coefficient (Wildman–Crippen LogP) is 3.08. The summed E-state index contributed by atoms with van der Waals surface area (Å²) in [4.78, 5) is 24.0. The Kier molecular flexibility index (Phi) is 4.67. The van der Waals surface area contributed by atoms with Crippen LogP contribution in [-0.4, -0.2) is 45.8 Å². The highest BCUT2D eigenvalue weighted by Crippen LogP contribution is 2.31. The predicted molar refractivity (Wildman–Crippen MR) is 112 cm³/mol. The number of amides is 1. The van der Waals surface area contributed by atoms with Crippen LogP contribution >= 0.6 is 0 Å². The van der Waals surface area contributed by atoms with E-state index in [-0.39, 0.29) is 17.0 Å². The Bertz CT molecular complexity index is 903. The van der Waals surface area contributed by atoms with Crippen LogP contribution in [0.1, 0.15) is 43.1 Å². The number of hydrogen-bond acceptors (Lipinski definition) is 4. The monoisotopic (exact) mass is 377 g/mol. The lowest BCUT2D eigenvalue weighted by molar-refractivity contribution is 0.0785. The number of fused-ring (bicyclic) bond motifs is 1. The summed E-state index contributed by atoms with van der Waals surface area (Å²) in [5, 5.41) is 7.30. The summed E-state index contributed by atoms with van der Waals surface area (Å²) < 4.78 is 0. The number of aromatic nitrogens is 1. The second-order valence-corrected chi connectivity index (χ2v) is 8.57. The summed E-state index contributed by atoms with van der Waals surface area (Å²) in [5.74, 6) is 0.926. The van der Waals surface area contributed by atoms with Crippen LogP contribution in [0.15, 0.2) is 53.8 Å². The maximum Gasteiger partial charge on any atom is 0.255 e. The van der Waals surface area contributed by atoms with Crippen molar-refractivity contribution in [1.29, 1.82) is 0 Å². The number of likely N-dealkylation sites (tertiary alicyclic amines) is 1. The number of aliphatic imine (C=N–C) groups is 1. The van der Waals surface area contributed by atoms with Gasteiger partial charge in [0.1, 0.15) is 5.84 Å². The SMILES string of the molecule is CC(C)(C)N=C1Nc2ccccc2CN[C@@]12CCN(C(=O)c1cccnc1)C2. The van der Waals surface area contributed by atoms with E-state index in [0.29, 0.717) is 18.7 Å². The molecule has 1 saturated heterocycles. The average Bonchev–Trinajstić information content (AvgIpc) is 3.05. The van der Waals surface area contributed by atoms with E-state index in [4.69, 9.17) is 4.99 Å². The van der Waals surface area contributed by atoms with E-state index in [1.54, 1.807) is 18.5 Å². The van der Waals surface area contributed by atoms with Crippen LogP contribution in [0.4, 0.5) is 5.69 Å². The topological polar surface area (TPSA) is 69.6 Å². The summed E-state index contributed by atoms with van der Waals surface area (Å²) >= 11 is 0. The molecule has 1 aromatic carbocycles. The second-order valence-electron chi connectivity index (χ2n) is 8.57. The molecule has 28 heavy (non-hydrogen) atoms. The standard InChI is InChI=1S/C22H27N5O/c1-21(2,3)26-20-22(24-14-16-7-4-5-9-18(16)25-20)10-12-27(15-22)19(28)17-8-6-11-23-13-17/h4-9,11,13,24H,10,12,14-15H2,1-3H3,(H,25,26)/t22-/m1/s1. The minimum atomic E-state index is -0.385. The number of para-hydroxylation sites is 1. The van der Waals surface area contributed by atoms with E-state index in [2.05, 4.69) is 48.5 Å². The highest BCUT2D eigenvalue weighted by Gasteiger charge is 2.46. The third-order valence-corrected chi connectivity index (χ3v) is 5.25. The Hall–Kier alpha value is -2.73. The minimum Gasteiger partial charge on any atom is -0.342 e. The molecule has 1 atom stereocenters. The first kappa shape index (κ1) is 18.6. The van der Waals surface area contributed by atoms with E-state index >= 15 is 0 Å². The van der Waals surface area contributed by atoms with Crippen molar-refractivity contribution >= 4 is 17.4 Å². The lowest BCUT2D eigenvalue weighted by atomic mass is 9.95. The van der Waals surface area contributed by atoms with Crippen LogP contribution in [-0.2, 0) is 6.54 Å². The van der Waals surface area contributed by atoms with Crippen LogP contribution in [0.5, 0.6) is 0 Å². The first-order chi connectivity index (χ1) is 13.4. The van der Waals surface area contributed by atoms with Crippen molar-refractivity contribution in [1.82, 2.24) is 15.2 Å². The Morgan fingerprint density at radius 1 is 1.21 bits per heavy atom. The Morgan fingerprint density at radius 3 is 2.79 bits per heavy atom. The molecule has 1 fully saturated rings. The van der Waals surface area contributed by atoms with Gasteiger partial charge in [0.2, 0.25) is 0 Å². The minimum absolute atomic E-state index is 0.0173. The van der Waals surface area contributed by atoms with Crippen molar-refractivity contribution in [3.63, 3.8) is 0 Å².